The quantitative estimate of drug-likeness (QED) is 0.620. The van der Waals surface area contributed by atoms with Crippen LogP contribution in [0.2, 0.25) is 0 Å². The van der Waals surface area contributed by atoms with Crippen LogP contribution in [0.5, 0.6) is 0 Å². The lowest BCUT2D eigenvalue weighted by Gasteiger charge is -2.11. The predicted molar refractivity (Wildman–Crippen MR) is 98.0 cm³/mol. The normalized spacial score (nSPS) is 12.1. The number of fused-ring (bicyclic) bond motifs is 1. The molecule has 0 saturated heterocycles. The topological polar surface area (TPSA) is 77.8 Å². The summed E-state index contributed by atoms with van der Waals surface area (Å²) in [5, 5.41) is 3.01. The van der Waals surface area contributed by atoms with Gasteiger partial charge in [-0.3, -0.25) is 4.79 Å². The Labute approximate surface area is 158 Å². The minimum Gasteiger partial charge on any atom is -0.467 e. The Bertz CT molecular complexity index is 951. The Kier molecular flexibility index (Phi) is 5.88. The first-order chi connectivity index (χ1) is 13.0. The molecule has 2 aromatic heterocycles. The third-order valence-corrected chi connectivity index (χ3v) is 5.10. The van der Waals surface area contributed by atoms with Crippen LogP contribution in [0.25, 0.3) is 10.1 Å². The van der Waals surface area contributed by atoms with Crippen molar-refractivity contribution in [2.45, 2.75) is 19.6 Å². The van der Waals surface area contributed by atoms with Gasteiger partial charge in [-0.25, -0.2) is 9.18 Å². The van der Waals surface area contributed by atoms with Crippen LogP contribution in [0.4, 0.5) is 4.39 Å². The molecule has 27 heavy (non-hydrogen) atoms. The van der Waals surface area contributed by atoms with Crippen LogP contribution in [0, 0.1) is 5.82 Å². The molecule has 0 bridgehead atoms. The molecule has 0 spiro atoms. The number of hydrogen-bond donors (Lipinski definition) is 1. The Balaban J connectivity index is 1.70. The lowest BCUT2D eigenvalue weighted by Crippen LogP contribution is -2.31. The first kappa shape index (κ1) is 19.1. The van der Waals surface area contributed by atoms with Gasteiger partial charge in [0.05, 0.1) is 18.9 Å². The zero-order valence-electron chi connectivity index (χ0n) is 14.8. The van der Waals surface area contributed by atoms with Crippen LogP contribution in [0.1, 0.15) is 34.0 Å². The summed E-state index contributed by atoms with van der Waals surface area (Å²) in [6.07, 6.45) is 1.51. The summed E-state index contributed by atoms with van der Waals surface area (Å²) in [6, 6.07) is 7.72. The molecule has 0 aliphatic rings. The smallest absolute Gasteiger partial charge is 0.349 e. The van der Waals surface area contributed by atoms with Crippen molar-refractivity contribution in [3.05, 3.63) is 58.6 Å². The second kappa shape index (κ2) is 8.32. The van der Waals surface area contributed by atoms with Gasteiger partial charge in [-0.2, -0.15) is 0 Å². The van der Waals surface area contributed by atoms with Gasteiger partial charge in [0.2, 0.25) is 0 Å². The molecule has 0 aliphatic heterocycles. The molecule has 6 nitrogen and oxygen atoms in total. The number of esters is 1. The summed E-state index contributed by atoms with van der Waals surface area (Å²) >= 11 is 1.11. The number of carbonyl (C=O) groups excluding carboxylic acids is 2. The maximum absolute atomic E-state index is 14.2. The van der Waals surface area contributed by atoms with Crippen molar-refractivity contribution >= 4 is 33.3 Å². The molecule has 3 aromatic rings. The van der Waals surface area contributed by atoms with Crippen molar-refractivity contribution in [3.63, 3.8) is 0 Å². The van der Waals surface area contributed by atoms with Gasteiger partial charge in [-0.05, 0) is 31.2 Å². The fourth-order valence-corrected chi connectivity index (χ4v) is 3.82. The average molecular weight is 391 g/mol. The van der Waals surface area contributed by atoms with Crippen LogP contribution >= 0.6 is 11.3 Å². The molecule has 3 rings (SSSR count). The van der Waals surface area contributed by atoms with Crippen molar-refractivity contribution in [2.24, 2.45) is 0 Å². The number of methoxy groups -OCH3 is 1. The predicted octanol–water partition coefficient (Wildman–Crippen LogP) is 3.81. The Morgan fingerprint density at radius 2 is 2.11 bits per heavy atom. The largest absolute Gasteiger partial charge is 0.467 e. The Morgan fingerprint density at radius 1 is 1.30 bits per heavy atom. The van der Waals surface area contributed by atoms with Crippen LogP contribution in [0.3, 0.4) is 0 Å². The van der Waals surface area contributed by atoms with Gasteiger partial charge in [-0.1, -0.05) is 6.07 Å². The monoisotopic (exact) mass is 391 g/mol. The van der Waals surface area contributed by atoms with Crippen molar-refractivity contribution in [2.75, 3.05) is 13.7 Å². The number of hydrogen-bond acceptors (Lipinski definition) is 6. The number of furan rings is 1. The summed E-state index contributed by atoms with van der Waals surface area (Å²) in [5.41, 5.74) is 0.421. The number of thiophene rings is 1. The molecule has 0 aliphatic carbocycles. The minimum absolute atomic E-state index is 0.0626. The second-order valence-electron chi connectivity index (χ2n) is 5.84. The first-order valence-electron chi connectivity index (χ1n) is 8.20. The molecule has 1 N–H and O–H groups in total. The van der Waals surface area contributed by atoms with Gasteiger partial charge in [0.1, 0.15) is 16.5 Å². The van der Waals surface area contributed by atoms with E-state index >= 15 is 0 Å². The average Bonchev–Trinajstić information content (AvgIpc) is 3.29. The minimum atomic E-state index is -0.691. The molecule has 0 radical (unpaired) electrons. The van der Waals surface area contributed by atoms with Crippen LogP contribution in [-0.2, 0) is 20.9 Å². The Hall–Kier alpha value is -2.71. The van der Waals surface area contributed by atoms with Gasteiger partial charge in [0.15, 0.2) is 6.61 Å². The van der Waals surface area contributed by atoms with E-state index in [1.807, 2.05) is 0 Å². The van der Waals surface area contributed by atoms with E-state index < -0.39 is 24.3 Å². The molecule has 0 saturated carbocycles. The van der Waals surface area contributed by atoms with Crippen LogP contribution in [-0.4, -0.2) is 25.6 Å². The fourth-order valence-electron chi connectivity index (χ4n) is 2.70. The molecular weight excluding hydrogens is 373 g/mol. The standard InChI is InChI=1S/C19H18FNO5S/c1-11(14-6-4-8-25-14)21-16(22)10-26-19(23)18-12(9-24-2)17-13(20)5-3-7-15(17)27-18/h3-8,11H,9-10H2,1-2H3,(H,21,22)/t11-/m1/s1. The van der Waals surface area contributed by atoms with Crippen molar-refractivity contribution in [3.8, 4) is 0 Å². The van der Waals surface area contributed by atoms with Gasteiger partial charge in [0, 0.05) is 22.8 Å². The first-order valence-corrected chi connectivity index (χ1v) is 9.01. The van der Waals surface area contributed by atoms with Crippen molar-refractivity contribution in [1.82, 2.24) is 5.32 Å². The van der Waals surface area contributed by atoms with E-state index in [0.29, 0.717) is 21.4 Å². The van der Waals surface area contributed by atoms with E-state index in [2.05, 4.69) is 5.32 Å². The van der Waals surface area contributed by atoms with Gasteiger partial charge >= 0.3 is 5.97 Å². The Morgan fingerprint density at radius 3 is 2.81 bits per heavy atom. The lowest BCUT2D eigenvalue weighted by molar-refractivity contribution is -0.125. The number of carbonyl (C=O) groups is 2. The van der Waals surface area contributed by atoms with E-state index in [-0.39, 0.29) is 17.5 Å². The third kappa shape index (κ3) is 4.17. The number of amides is 1. The molecule has 0 unspecified atom stereocenters. The zero-order valence-corrected chi connectivity index (χ0v) is 15.6. The summed E-state index contributed by atoms with van der Waals surface area (Å²) in [7, 11) is 1.46. The highest BCUT2D eigenvalue weighted by Crippen LogP contribution is 2.34. The van der Waals surface area contributed by atoms with Crippen molar-refractivity contribution in [1.29, 1.82) is 0 Å². The molecule has 1 aromatic carbocycles. The summed E-state index contributed by atoms with van der Waals surface area (Å²) in [6.45, 7) is 1.37. The van der Waals surface area contributed by atoms with Gasteiger partial charge < -0.3 is 19.2 Å². The van der Waals surface area contributed by atoms with E-state index in [9.17, 15) is 14.0 Å². The molecule has 1 atom stereocenters. The highest BCUT2D eigenvalue weighted by Gasteiger charge is 2.23. The fraction of sp³-hybridized carbons (Fsp3) is 0.263. The summed E-state index contributed by atoms with van der Waals surface area (Å²) < 4.78 is 30.2. The number of ether oxygens (including phenoxy) is 2. The van der Waals surface area contributed by atoms with Crippen LogP contribution in [0.15, 0.2) is 41.0 Å². The maximum atomic E-state index is 14.2. The van der Waals surface area contributed by atoms with E-state index in [4.69, 9.17) is 13.9 Å². The third-order valence-electron chi connectivity index (χ3n) is 3.92. The SMILES string of the molecule is COCc1c(C(=O)OCC(=O)N[C@H](C)c2ccco2)sc2cccc(F)c12. The van der Waals surface area contributed by atoms with Gasteiger partial charge in [0.25, 0.3) is 5.91 Å². The second-order valence-corrected chi connectivity index (χ2v) is 6.89. The van der Waals surface area contributed by atoms with E-state index in [1.54, 1.807) is 31.2 Å². The summed E-state index contributed by atoms with van der Waals surface area (Å²) in [4.78, 5) is 24.7. The van der Waals surface area contributed by atoms with E-state index in [1.165, 1.54) is 19.4 Å². The number of benzene rings is 1. The zero-order chi connectivity index (χ0) is 19.4. The summed E-state index contributed by atoms with van der Waals surface area (Å²) in [5.74, 6) is -0.992. The number of rotatable bonds is 7. The molecule has 0 fully saturated rings. The highest BCUT2D eigenvalue weighted by molar-refractivity contribution is 7.21. The van der Waals surface area contributed by atoms with Gasteiger partial charge in [-0.15, -0.1) is 11.3 Å². The molecule has 2 heterocycles. The maximum Gasteiger partial charge on any atom is 0.349 e. The number of halogens is 1. The van der Waals surface area contributed by atoms with E-state index in [0.717, 1.165) is 11.3 Å². The van der Waals surface area contributed by atoms with Crippen molar-refractivity contribution < 1.29 is 27.9 Å². The lowest BCUT2D eigenvalue weighted by atomic mass is 10.1. The van der Waals surface area contributed by atoms with Crippen LogP contribution < -0.4 is 5.32 Å². The highest BCUT2D eigenvalue weighted by atomic mass is 32.1. The molecule has 142 valence electrons. The molecule has 1 amide bonds. The number of nitrogens with one attached hydrogen (secondary N) is 1. The molecular formula is C19H18FNO5S. The molecule has 8 heteroatoms.